The summed E-state index contributed by atoms with van der Waals surface area (Å²) in [5.74, 6) is -0.199. The molecule has 7 heteroatoms. The summed E-state index contributed by atoms with van der Waals surface area (Å²) < 4.78 is 2.96. The van der Waals surface area contributed by atoms with Gasteiger partial charge >= 0.3 is 0 Å². The van der Waals surface area contributed by atoms with Crippen molar-refractivity contribution in [3.05, 3.63) is 88.6 Å². The highest BCUT2D eigenvalue weighted by Crippen LogP contribution is 2.29. The van der Waals surface area contributed by atoms with Crippen molar-refractivity contribution in [2.45, 2.75) is 31.8 Å². The van der Waals surface area contributed by atoms with Crippen LogP contribution in [-0.2, 0) is 17.8 Å². The molecule has 0 fully saturated rings. The fraction of sp³-hybridized carbons (Fsp3) is 0.217. The van der Waals surface area contributed by atoms with E-state index in [1.807, 2.05) is 42.5 Å². The normalized spacial score (nSPS) is 15.7. The van der Waals surface area contributed by atoms with Gasteiger partial charge < -0.3 is 5.32 Å². The summed E-state index contributed by atoms with van der Waals surface area (Å²) in [7, 11) is 0. The van der Waals surface area contributed by atoms with Crippen LogP contribution < -0.4 is 10.9 Å². The lowest BCUT2D eigenvalue weighted by Gasteiger charge is -2.26. The highest BCUT2D eigenvalue weighted by molar-refractivity contribution is 5.78. The summed E-state index contributed by atoms with van der Waals surface area (Å²) in [4.78, 5) is 30.0. The molecule has 1 atom stereocenters. The average molecular weight is 399 g/mol. The first kappa shape index (κ1) is 18.3. The number of hydrogen-bond donors (Lipinski definition) is 1. The SMILES string of the molecule is O=C(Cn1cnc2c(cnn2-c2ccccc2)c1=O)N[C@H]1CCCc2ccccc21. The minimum absolute atomic E-state index is 0.0179. The minimum atomic E-state index is -0.277. The van der Waals surface area contributed by atoms with E-state index in [-0.39, 0.29) is 24.1 Å². The Bertz CT molecular complexity index is 1280. The number of carbonyl (C=O) groups is 1. The number of amides is 1. The number of rotatable bonds is 4. The third kappa shape index (κ3) is 3.28. The van der Waals surface area contributed by atoms with Crippen LogP contribution in [0.25, 0.3) is 16.7 Å². The number of carbonyl (C=O) groups excluding carboxylic acids is 1. The van der Waals surface area contributed by atoms with Crippen LogP contribution in [0.5, 0.6) is 0 Å². The predicted molar refractivity (Wildman–Crippen MR) is 113 cm³/mol. The summed E-state index contributed by atoms with van der Waals surface area (Å²) in [6.45, 7) is -0.0725. The van der Waals surface area contributed by atoms with Gasteiger partial charge in [0.05, 0.1) is 17.9 Å². The van der Waals surface area contributed by atoms with Gasteiger partial charge in [-0.1, -0.05) is 42.5 Å². The van der Waals surface area contributed by atoms with Gasteiger partial charge in [0.15, 0.2) is 5.65 Å². The molecule has 1 amide bonds. The Morgan fingerprint density at radius 3 is 2.77 bits per heavy atom. The Hall–Kier alpha value is -3.74. The van der Waals surface area contributed by atoms with Crippen LogP contribution in [0.1, 0.15) is 30.0 Å². The summed E-state index contributed by atoms with van der Waals surface area (Å²) in [6, 6.07) is 17.7. The van der Waals surface area contributed by atoms with Crippen LogP contribution in [0, 0.1) is 0 Å². The van der Waals surface area contributed by atoms with Crippen LogP contribution in [0.4, 0.5) is 0 Å². The number of nitrogens with zero attached hydrogens (tertiary/aromatic N) is 4. The van der Waals surface area contributed by atoms with Gasteiger partial charge in [0.2, 0.25) is 5.91 Å². The summed E-state index contributed by atoms with van der Waals surface area (Å²) in [5, 5.41) is 7.77. The molecular formula is C23H21N5O2. The first-order valence-corrected chi connectivity index (χ1v) is 10.1. The Balaban J connectivity index is 1.38. The van der Waals surface area contributed by atoms with Crippen LogP contribution >= 0.6 is 0 Å². The molecule has 1 aliphatic carbocycles. The number of aromatic nitrogens is 4. The molecule has 0 aliphatic heterocycles. The van der Waals surface area contributed by atoms with Crippen molar-refractivity contribution < 1.29 is 4.79 Å². The monoisotopic (exact) mass is 399 g/mol. The van der Waals surface area contributed by atoms with Gasteiger partial charge in [0.25, 0.3) is 5.56 Å². The maximum Gasteiger partial charge on any atom is 0.264 e. The second-order valence-electron chi connectivity index (χ2n) is 7.52. The van der Waals surface area contributed by atoms with Crippen molar-refractivity contribution in [2.24, 2.45) is 0 Å². The van der Waals surface area contributed by atoms with Crippen molar-refractivity contribution in [1.82, 2.24) is 24.6 Å². The van der Waals surface area contributed by atoms with Crippen LogP contribution in [0.15, 0.2) is 71.9 Å². The molecule has 0 bridgehead atoms. The van der Waals surface area contributed by atoms with E-state index in [1.165, 1.54) is 28.2 Å². The van der Waals surface area contributed by atoms with E-state index in [0.717, 1.165) is 24.9 Å². The molecule has 0 radical (unpaired) electrons. The van der Waals surface area contributed by atoms with Crippen LogP contribution in [0.3, 0.4) is 0 Å². The van der Waals surface area contributed by atoms with Gasteiger partial charge in [0, 0.05) is 0 Å². The van der Waals surface area contributed by atoms with Gasteiger partial charge in [-0.2, -0.15) is 5.10 Å². The van der Waals surface area contributed by atoms with Crippen molar-refractivity contribution in [1.29, 1.82) is 0 Å². The molecule has 4 aromatic rings. The third-order valence-electron chi connectivity index (χ3n) is 5.57. The first-order chi connectivity index (χ1) is 14.7. The lowest BCUT2D eigenvalue weighted by molar-refractivity contribution is -0.122. The summed E-state index contributed by atoms with van der Waals surface area (Å²) in [6.07, 6.45) is 5.89. The van der Waals surface area contributed by atoms with Gasteiger partial charge in [-0.3, -0.25) is 14.2 Å². The minimum Gasteiger partial charge on any atom is -0.348 e. The highest BCUT2D eigenvalue weighted by atomic mass is 16.2. The predicted octanol–water partition coefficient (Wildman–Crippen LogP) is 2.78. The maximum absolute atomic E-state index is 12.9. The summed E-state index contributed by atoms with van der Waals surface area (Å²) in [5.41, 5.74) is 3.47. The van der Waals surface area contributed by atoms with E-state index in [4.69, 9.17) is 0 Å². The van der Waals surface area contributed by atoms with Crippen LogP contribution in [0.2, 0.25) is 0 Å². The number of fused-ring (bicyclic) bond motifs is 2. The molecule has 2 aromatic heterocycles. The average Bonchev–Trinajstić information content (AvgIpc) is 3.21. The lowest BCUT2D eigenvalue weighted by atomic mass is 9.88. The zero-order valence-corrected chi connectivity index (χ0v) is 16.4. The molecule has 5 rings (SSSR count). The van der Waals surface area contributed by atoms with Crippen molar-refractivity contribution in [3.63, 3.8) is 0 Å². The Labute approximate surface area is 173 Å². The third-order valence-corrected chi connectivity index (χ3v) is 5.57. The number of nitrogens with one attached hydrogen (secondary N) is 1. The standard InChI is InChI=1S/C23H21N5O2/c29-21(26-20-12-6-8-16-7-4-5-11-18(16)20)14-27-15-24-22-19(23(27)30)13-25-28(22)17-9-2-1-3-10-17/h1-5,7,9-11,13,15,20H,6,8,12,14H2,(H,26,29)/t20-/m0/s1. The van der Waals surface area contributed by atoms with Crippen molar-refractivity contribution >= 4 is 16.9 Å². The molecule has 0 saturated carbocycles. The van der Waals surface area contributed by atoms with E-state index >= 15 is 0 Å². The smallest absolute Gasteiger partial charge is 0.264 e. The molecule has 150 valence electrons. The van der Waals surface area contributed by atoms with Gasteiger partial charge in [-0.25, -0.2) is 9.67 Å². The second-order valence-corrected chi connectivity index (χ2v) is 7.52. The quantitative estimate of drug-likeness (QED) is 0.572. The molecular weight excluding hydrogens is 378 g/mol. The zero-order valence-electron chi connectivity index (χ0n) is 16.4. The lowest BCUT2D eigenvalue weighted by Crippen LogP contribution is -2.36. The van der Waals surface area contributed by atoms with Crippen molar-refractivity contribution in [3.8, 4) is 5.69 Å². The second kappa shape index (κ2) is 7.59. The topological polar surface area (TPSA) is 81.8 Å². The Kier molecular flexibility index (Phi) is 4.63. The molecule has 0 saturated heterocycles. The Morgan fingerprint density at radius 1 is 1.10 bits per heavy atom. The number of benzene rings is 2. The molecule has 2 heterocycles. The fourth-order valence-electron chi connectivity index (χ4n) is 4.12. The van der Waals surface area contributed by atoms with E-state index < -0.39 is 0 Å². The van der Waals surface area contributed by atoms with Gasteiger partial charge in [-0.15, -0.1) is 0 Å². The van der Waals surface area contributed by atoms with E-state index in [0.29, 0.717) is 11.0 Å². The van der Waals surface area contributed by atoms with Crippen LogP contribution in [-0.4, -0.2) is 25.2 Å². The van der Waals surface area contributed by atoms with Crippen molar-refractivity contribution in [2.75, 3.05) is 0 Å². The molecule has 2 aromatic carbocycles. The molecule has 1 N–H and O–H groups in total. The molecule has 7 nitrogen and oxygen atoms in total. The molecule has 0 unspecified atom stereocenters. The van der Waals surface area contributed by atoms with E-state index in [1.54, 1.807) is 4.68 Å². The number of hydrogen-bond acceptors (Lipinski definition) is 4. The fourth-order valence-corrected chi connectivity index (χ4v) is 4.12. The molecule has 0 spiro atoms. The van der Waals surface area contributed by atoms with E-state index in [9.17, 15) is 9.59 Å². The number of aryl methyl sites for hydroxylation is 1. The molecule has 1 aliphatic rings. The Morgan fingerprint density at radius 2 is 1.90 bits per heavy atom. The highest BCUT2D eigenvalue weighted by Gasteiger charge is 2.22. The van der Waals surface area contributed by atoms with Gasteiger partial charge in [0.1, 0.15) is 18.3 Å². The maximum atomic E-state index is 12.9. The summed E-state index contributed by atoms with van der Waals surface area (Å²) >= 11 is 0. The largest absolute Gasteiger partial charge is 0.348 e. The molecule has 30 heavy (non-hydrogen) atoms. The first-order valence-electron chi connectivity index (χ1n) is 10.1. The zero-order chi connectivity index (χ0) is 20.5. The van der Waals surface area contributed by atoms with Gasteiger partial charge in [-0.05, 0) is 42.5 Å². The van der Waals surface area contributed by atoms with E-state index in [2.05, 4.69) is 27.5 Å². The number of para-hydroxylation sites is 1.